The summed E-state index contributed by atoms with van der Waals surface area (Å²) in [6.07, 6.45) is 2.10. The smallest absolute Gasteiger partial charge is 0.118 e. The van der Waals surface area contributed by atoms with Crippen LogP contribution in [0.25, 0.3) is 0 Å². The summed E-state index contributed by atoms with van der Waals surface area (Å²) in [6.45, 7) is 4.65. The molecule has 3 aromatic carbocycles. The third kappa shape index (κ3) is 3.16. The van der Waals surface area contributed by atoms with Crippen LogP contribution in [0, 0.1) is 0 Å². The van der Waals surface area contributed by atoms with Crippen LogP contribution < -0.4 is 15.9 Å². The highest BCUT2D eigenvalue weighted by Crippen LogP contribution is 2.66. The fraction of sp³-hybridized carbons (Fsp3) is 0.174. The summed E-state index contributed by atoms with van der Waals surface area (Å²) in [7, 11) is -1.99. The Morgan fingerprint density at radius 1 is 0.692 bits per heavy atom. The second kappa shape index (κ2) is 8.05. The van der Waals surface area contributed by atoms with Crippen molar-refractivity contribution in [2.75, 3.05) is 6.26 Å². The molecule has 3 rings (SSSR count). The molecule has 0 aliphatic heterocycles. The first-order chi connectivity index (χ1) is 12.5. The van der Waals surface area contributed by atoms with Crippen molar-refractivity contribution in [2.45, 2.75) is 19.0 Å². The first-order valence-electron chi connectivity index (χ1n) is 8.69. The molecule has 3 heteroatoms. The molecule has 0 heterocycles. The highest BCUT2D eigenvalue weighted by molar-refractivity contribution is 8.24. The quantitative estimate of drug-likeness (QED) is 0.416. The largest absolute Gasteiger partial charge is 0.129 e. The zero-order valence-corrected chi connectivity index (χ0v) is 18.0. The van der Waals surface area contributed by atoms with Crippen molar-refractivity contribution >= 4 is 51.4 Å². The van der Waals surface area contributed by atoms with Crippen LogP contribution in [0.4, 0.5) is 0 Å². The zero-order valence-electron chi connectivity index (χ0n) is 15.4. The molecule has 0 nitrogen and oxygen atoms in total. The van der Waals surface area contributed by atoms with Crippen LogP contribution in [-0.4, -0.2) is 15.6 Å². The number of rotatable bonds is 5. The molecular formula is C23H24PS2+. The van der Waals surface area contributed by atoms with E-state index < -0.39 is 7.26 Å². The molecule has 0 unspecified atom stereocenters. The Labute approximate surface area is 167 Å². The minimum Gasteiger partial charge on any atom is -0.118 e. The molecule has 0 N–H and O–H groups in total. The fourth-order valence-electron chi connectivity index (χ4n) is 3.76. The molecule has 0 aliphatic rings. The van der Waals surface area contributed by atoms with E-state index in [2.05, 4.69) is 111 Å². The van der Waals surface area contributed by atoms with Gasteiger partial charge in [0.25, 0.3) is 0 Å². The third-order valence-corrected chi connectivity index (χ3v) is 12.3. The molecule has 3 aromatic rings. The van der Waals surface area contributed by atoms with Gasteiger partial charge in [0.05, 0.1) is 4.20 Å². The van der Waals surface area contributed by atoms with E-state index in [9.17, 15) is 0 Å². The van der Waals surface area contributed by atoms with Crippen LogP contribution >= 0.6 is 31.2 Å². The Morgan fingerprint density at radius 3 is 1.27 bits per heavy atom. The molecule has 0 amide bonds. The molecule has 0 aromatic heterocycles. The Morgan fingerprint density at radius 2 is 1.00 bits per heavy atom. The molecule has 26 heavy (non-hydrogen) atoms. The van der Waals surface area contributed by atoms with E-state index in [4.69, 9.17) is 12.2 Å². The van der Waals surface area contributed by atoms with Crippen molar-refractivity contribution in [1.82, 2.24) is 0 Å². The summed E-state index contributed by atoms with van der Waals surface area (Å²) < 4.78 is 1.06. The topological polar surface area (TPSA) is 0 Å². The predicted octanol–water partition coefficient (Wildman–Crippen LogP) is 5.45. The van der Waals surface area contributed by atoms with E-state index in [1.807, 2.05) is 0 Å². The minimum absolute atomic E-state index is 0.161. The summed E-state index contributed by atoms with van der Waals surface area (Å²) >= 11 is 7.63. The second-order valence-electron chi connectivity index (χ2n) is 6.73. The number of thioether (sulfide) groups is 1. The maximum absolute atomic E-state index is 5.93. The Hall–Kier alpha value is -1.47. The number of hydrogen-bond donors (Lipinski definition) is 0. The number of benzene rings is 3. The SMILES string of the molecule is CSC(=S)C(C)(C)[P+](c1ccccc1)(c1ccccc1)c1ccccc1. The van der Waals surface area contributed by atoms with Gasteiger partial charge in [-0.15, -0.1) is 11.8 Å². The van der Waals surface area contributed by atoms with Gasteiger partial charge in [-0.05, 0) is 56.5 Å². The van der Waals surface area contributed by atoms with Gasteiger partial charge in [0.1, 0.15) is 28.3 Å². The summed E-state index contributed by atoms with van der Waals surface area (Å²) in [4.78, 5) is 0. The molecule has 0 atom stereocenters. The lowest BCUT2D eigenvalue weighted by Gasteiger charge is -2.40. The van der Waals surface area contributed by atoms with Crippen molar-refractivity contribution < 1.29 is 0 Å². The summed E-state index contributed by atoms with van der Waals surface area (Å²) in [6, 6.07) is 32.8. The lowest BCUT2D eigenvalue weighted by Crippen LogP contribution is -2.47. The van der Waals surface area contributed by atoms with Crippen LogP contribution in [0.2, 0.25) is 0 Å². The number of thiocarbonyl (C=S) groups is 1. The van der Waals surface area contributed by atoms with Gasteiger partial charge in [0.15, 0.2) is 0 Å². The lowest BCUT2D eigenvalue weighted by atomic mass is 10.2. The maximum atomic E-state index is 5.93. The Balaban J connectivity index is 2.46. The highest BCUT2D eigenvalue weighted by atomic mass is 32.2. The minimum atomic E-state index is -1.99. The molecule has 0 aliphatic carbocycles. The van der Waals surface area contributed by atoms with Crippen molar-refractivity contribution in [1.29, 1.82) is 0 Å². The second-order valence-corrected chi connectivity index (χ2v) is 12.2. The van der Waals surface area contributed by atoms with Gasteiger partial charge in [-0.1, -0.05) is 66.8 Å². The highest BCUT2D eigenvalue weighted by Gasteiger charge is 2.59. The average Bonchev–Trinajstić information content (AvgIpc) is 2.70. The molecule has 0 saturated carbocycles. The van der Waals surface area contributed by atoms with E-state index in [0.29, 0.717) is 0 Å². The third-order valence-electron chi connectivity index (χ3n) is 4.95. The normalized spacial score (nSPS) is 12.0. The van der Waals surface area contributed by atoms with Gasteiger partial charge in [0, 0.05) is 0 Å². The van der Waals surface area contributed by atoms with Crippen LogP contribution in [0.15, 0.2) is 91.0 Å². The van der Waals surface area contributed by atoms with Gasteiger partial charge in [-0.25, -0.2) is 0 Å². The first kappa shape index (κ1) is 19.3. The Kier molecular flexibility index (Phi) is 5.97. The zero-order chi connectivity index (χ0) is 18.6. The van der Waals surface area contributed by atoms with Crippen molar-refractivity contribution in [3.8, 4) is 0 Å². The molecule has 0 radical (unpaired) electrons. The summed E-state index contributed by atoms with van der Waals surface area (Å²) in [5, 5.41) is 3.96. The van der Waals surface area contributed by atoms with Crippen molar-refractivity contribution in [3.05, 3.63) is 91.0 Å². The monoisotopic (exact) mass is 395 g/mol. The van der Waals surface area contributed by atoms with E-state index in [1.54, 1.807) is 11.8 Å². The van der Waals surface area contributed by atoms with Gasteiger partial charge >= 0.3 is 0 Å². The van der Waals surface area contributed by atoms with E-state index in [0.717, 1.165) is 4.20 Å². The van der Waals surface area contributed by atoms with Gasteiger partial charge in [0.2, 0.25) is 0 Å². The number of hydrogen-bond acceptors (Lipinski definition) is 2. The van der Waals surface area contributed by atoms with Crippen molar-refractivity contribution in [2.24, 2.45) is 0 Å². The molecular weight excluding hydrogens is 371 g/mol. The molecule has 0 bridgehead atoms. The maximum Gasteiger partial charge on any atom is 0.129 e. The van der Waals surface area contributed by atoms with Gasteiger partial charge in [-0.3, -0.25) is 0 Å². The van der Waals surface area contributed by atoms with E-state index >= 15 is 0 Å². The first-order valence-corrected chi connectivity index (χ1v) is 12.1. The summed E-state index contributed by atoms with van der Waals surface area (Å²) in [5.41, 5.74) is 0. The molecule has 0 spiro atoms. The molecule has 132 valence electrons. The van der Waals surface area contributed by atoms with Crippen molar-refractivity contribution in [3.63, 3.8) is 0 Å². The fourth-order valence-corrected chi connectivity index (χ4v) is 10.3. The summed E-state index contributed by atoms with van der Waals surface area (Å²) in [5.74, 6) is 0. The van der Waals surface area contributed by atoms with E-state index in [-0.39, 0.29) is 5.16 Å². The van der Waals surface area contributed by atoms with Crippen LogP contribution in [0.5, 0.6) is 0 Å². The molecule has 0 saturated heterocycles. The molecule has 0 fully saturated rings. The Bertz CT molecular complexity index is 762. The standard InChI is InChI=1S/C23H24PS2/c1-23(2,22(25)26-3)24(19-13-7-4-8-14-19,20-15-9-5-10-16-20)21-17-11-6-12-18-21/h4-18H,1-3H3/q+1. The van der Waals surface area contributed by atoms with E-state index in [1.165, 1.54) is 15.9 Å². The van der Waals surface area contributed by atoms with Crippen LogP contribution in [0.1, 0.15) is 13.8 Å². The predicted molar refractivity (Wildman–Crippen MR) is 125 cm³/mol. The lowest BCUT2D eigenvalue weighted by molar-refractivity contribution is 0.961. The van der Waals surface area contributed by atoms with Crippen LogP contribution in [0.3, 0.4) is 0 Å². The van der Waals surface area contributed by atoms with Gasteiger partial charge < -0.3 is 0 Å². The average molecular weight is 396 g/mol. The van der Waals surface area contributed by atoms with Crippen LogP contribution in [-0.2, 0) is 0 Å². The van der Waals surface area contributed by atoms with Gasteiger partial charge in [-0.2, -0.15) is 0 Å².